The third kappa shape index (κ3) is 3.82. The summed E-state index contributed by atoms with van der Waals surface area (Å²) >= 11 is 0. The number of methoxy groups -OCH3 is 1. The van der Waals surface area contributed by atoms with E-state index in [9.17, 15) is 9.59 Å². The zero-order valence-electron chi connectivity index (χ0n) is 9.18. The fraction of sp³-hybridized carbons (Fsp3) is 0.333. The van der Waals surface area contributed by atoms with Crippen LogP contribution in [0.15, 0.2) is 30.3 Å². The van der Waals surface area contributed by atoms with Crippen LogP contribution in [0.2, 0.25) is 0 Å². The molecule has 86 valence electrons. The molecule has 0 bridgehead atoms. The van der Waals surface area contributed by atoms with E-state index in [0.29, 0.717) is 6.42 Å². The van der Waals surface area contributed by atoms with Gasteiger partial charge in [0.05, 0.1) is 13.2 Å². The summed E-state index contributed by atoms with van der Waals surface area (Å²) in [4.78, 5) is 22.4. The molecule has 0 aromatic heterocycles. The van der Waals surface area contributed by atoms with Crippen LogP contribution in [-0.4, -0.2) is 24.9 Å². The summed E-state index contributed by atoms with van der Waals surface area (Å²) in [6.07, 6.45) is 0.182. The Bertz CT molecular complexity index is 362. The largest absolute Gasteiger partial charge is 0.469 e. The van der Waals surface area contributed by atoms with Gasteiger partial charge in [-0.15, -0.1) is 0 Å². The van der Waals surface area contributed by atoms with Gasteiger partial charge in [0.2, 0.25) is 0 Å². The Hall–Kier alpha value is -1.68. The van der Waals surface area contributed by atoms with Crippen molar-refractivity contribution < 1.29 is 14.3 Å². The van der Waals surface area contributed by atoms with Crippen LogP contribution in [0.1, 0.15) is 12.0 Å². The molecule has 0 aliphatic heterocycles. The van der Waals surface area contributed by atoms with Crippen molar-refractivity contribution in [1.29, 1.82) is 0 Å². The third-order valence-corrected chi connectivity index (χ3v) is 2.26. The highest BCUT2D eigenvalue weighted by Crippen LogP contribution is 2.04. The molecule has 0 spiro atoms. The number of esters is 1. The second kappa shape index (κ2) is 6.02. The molecule has 0 heterocycles. The number of benzene rings is 1. The Labute approximate surface area is 94.4 Å². The molecule has 1 rings (SSSR count). The predicted octanol–water partition coefficient (Wildman–Crippen LogP) is 0.689. The first-order valence-electron chi connectivity index (χ1n) is 5.02. The van der Waals surface area contributed by atoms with Gasteiger partial charge in [-0.3, -0.25) is 9.59 Å². The highest BCUT2D eigenvalue weighted by Gasteiger charge is 2.17. The van der Waals surface area contributed by atoms with Crippen molar-refractivity contribution in [1.82, 2.24) is 0 Å². The maximum absolute atomic E-state index is 11.5. The van der Waals surface area contributed by atoms with Gasteiger partial charge in [0, 0.05) is 0 Å². The molecule has 0 saturated carbocycles. The minimum absolute atomic E-state index is 0.259. The summed E-state index contributed by atoms with van der Waals surface area (Å²) in [5.74, 6) is -0.843. The Morgan fingerprint density at radius 2 is 1.94 bits per heavy atom. The molecule has 16 heavy (non-hydrogen) atoms. The van der Waals surface area contributed by atoms with Gasteiger partial charge in [-0.25, -0.2) is 0 Å². The van der Waals surface area contributed by atoms with Crippen LogP contribution in [0.25, 0.3) is 0 Å². The van der Waals surface area contributed by atoms with Crippen LogP contribution in [0.4, 0.5) is 0 Å². The van der Waals surface area contributed by atoms with Gasteiger partial charge in [-0.1, -0.05) is 30.3 Å². The molecule has 4 nitrogen and oxygen atoms in total. The van der Waals surface area contributed by atoms with E-state index in [4.69, 9.17) is 5.73 Å². The maximum atomic E-state index is 11.5. The van der Waals surface area contributed by atoms with Crippen LogP contribution >= 0.6 is 0 Å². The van der Waals surface area contributed by atoms with Crippen molar-refractivity contribution in [2.45, 2.75) is 18.9 Å². The highest BCUT2D eigenvalue weighted by molar-refractivity contribution is 5.98. The lowest BCUT2D eigenvalue weighted by Crippen LogP contribution is -2.34. The van der Waals surface area contributed by atoms with Gasteiger partial charge < -0.3 is 10.5 Å². The van der Waals surface area contributed by atoms with Gasteiger partial charge in [-0.05, 0) is 12.0 Å². The van der Waals surface area contributed by atoms with Gasteiger partial charge in [0.1, 0.15) is 6.42 Å². The van der Waals surface area contributed by atoms with E-state index in [1.807, 2.05) is 30.3 Å². The fourth-order valence-corrected chi connectivity index (χ4v) is 1.33. The van der Waals surface area contributed by atoms with Gasteiger partial charge in [0.25, 0.3) is 0 Å². The zero-order valence-corrected chi connectivity index (χ0v) is 9.18. The first-order chi connectivity index (χ1) is 7.63. The van der Waals surface area contributed by atoms with Gasteiger partial charge in [0.15, 0.2) is 5.78 Å². The second-order valence-corrected chi connectivity index (χ2v) is 3.52. The number of ether oxygens (including phenoxy) is 1. The molecule has 1 aromatic carbocycles. The number of rotatable bonds is 5. The first kappa shape index (κ1) is 12.4. The van der Waals surface area contributed by atoms with E-state index in [0.717, 1.165) is 5.56 Å². The smallest absolute Gasteiger partial charge is 0.313 e. The van der Waals surface area contributed by atoms with Crippen LogP contribution in [0.3, 0.4) is 0 Å². The Morgan fingerprint density at radius 3 is 2.50 bits per heavy atom. The molecular formula is C12H15NO3. The average Bonchev–Trinajstić information content (AvgIpc) is 2.30. The lowest BCUT2D eigenvalue weighted by Gasteiger charge is -2.09. The summed E-state index contributed by atoms with van der Waals surface area (Å²) in [5.41, 5.74) is 6.67. The SMILES string of the molecule is COC(=O)CC(=O)C(N)Cc1ccccc1. The van der Waals surface area contributed by atoms with Crippen LogP contribution in [-0.2, 0) is 20.7 Å². The fourth-order valence-electron chi connectivity index (χ4n) is 1.33. The monoisotopic (exact) mass is 221 g/mol. The highest BCUT2D eigenvalue weighted by atomic mass is 16.5. The molecule has 0 amide bonds. The van der Waals surface area contributed by atoms with E-state index in [2.05, 4.69) is 4.74 Å². The Kier molecular flexibility index (Phi) is 4.66. The summed E-state index contributed by atoms with van der Waals surface area (Å²) in [7, 11) is 1.25. The van der Waals surface area contributed by atoms with E-state index < -0.39 is 12.0 Å². The molecule has 0 fully saturated rings. The average molecular weight is 221 g/mol. The number of carbonyl (C=O) groups excluding carboxylic acids is 2. The first-order valence-corrected chi connectivity index (χ1v) is 5.02. The molecule has 1 aromatic rings. The standard InChI is InChI=1S/C12H15NO3/c1-16-12(15)8-11(14)10(13)7-9-5-3-2-4-6-9/h2-6,10H,7-8,13H2,1H3. The van der Waals surface area contributed by atoms with Crippen molar-refractivity contribution in [3.63, 3.8) is 0 Å². The zero-order chi connectivity index (χ0) is 12.0. The normalized spacial score (nSPS) is 11.9. The molecule has 0 saturated heterocycles. The van der Waals surface area contributed by atoms with E-state index in [1.54, 1.807) is 0 Å². The van der Waals surface area contributed by atoms with E-state index in [-0.39, 0.29) is 12.2 Å². The number of hydrogen-bond acceptors (Lipinski definition) is 4. The summed E-state index contributed by atoms with van der Waals surface area (Å²) in [6, 6.07) is 8.79. The number of Topliss-reactive ketones (excluding diaryl/α,β-unsaturated/α-hetero) is 1. The third-order valence-electron chi connectivity index (χ3n) is 2.26. The molecule has 4 heteroatoms. The van der Waals surface area contributed by atoms with Gasteiger partial charge in [-0.2, -0.15) is 0 Å². The summed E-state index contributed by atoms with van der Waals surface area (Å²) in [5, 5.41) is 0. The lowest BCUT2D eigenvalue weighted by molar-refractivity contribution is -0.143. The van der Waals surface area contributed by atoms with Crippen LogP contribution < -0.4 is 5.73 Å². The van der Waals surface area contributed by atoms with Crippen molar-refractivity contribution in [2.24, 2.45) is 5.73 Å². The minimum Gasteiger partial charge on any atom is -0.469 e. The summed E-state index contributed by atoms with van der Waals surface area (Å²) < 4.78 is 4.41. The van der Waals surface area contributed by atoms with Crippen LogP contribution in [0, 0.1) is 0 Å². The van der Waals surface area contributed by atoms with Crippen molar-refractivity contribution in [3.05, 3.63) is 35.9 Å². The van der Waals surface area contributed by atoms with E-state index in [1.165, 1.54) is 7.11 Å². The molecule has 2 N–H and O–H groups in total. The molecule has 0 radical (unpaired) electrons. The predicted molar refractivity (Wildman–Crippen MR) is 59.8 cm³/mol. The number of ketones is 1. The van der Waals surface area contributed by atoms with Crippen molar-refractivity contribution in [3.8, 4) is 0 Å². The minimum atomic E-state index is -0.651. The quantitative estimate of drug-likeness (QED) is 0.586. The second-order valence-electron chi connectivity index (χ2n) is 3.52. The lowest BCUT2D eigenvalue weighted by atomic mass is 10.0. The van der Waals surface area contributed by atoms with E-state index >= 15 is 0 Å². The molecule has 1 atom stereocenters. The number of nitrogens with two attached hydrogens (primary N) is 1. The Balaban J connectivity index is 2.49. The molecule has 0 aliphatic rings. The Morgan fingerprint density at radius 1 is 1.31 bits per heavy atom. The topological polar surface area (TPSA) is 69.4 Å². The molecule has 1 unspecified atom stereocenters. The van der Waals surface area contributed by atoms with Crippen molar-refractivity contribution >= 4 is 11.8 Å². The number of carbonyl (C=O) groups is 2. The van der Waals surface area contributed by atoms with Crippen LogP contribution in [0.5, 0.6) is 0 Å². The van der Waals surface area contributed by atoms with Crippen molar-refractivity contribution in [2.75, 3.05) is 7.11 Å². The number of hydrogen-bond donors (Lipinski definition) is 1. The molecule has 0 aliphatic carbocycles. The summed E-state index contributed by atoms with van der Waals surface area (Å²) in [6.45, 7) is 0. The van der Waals surface area contributed by atoms with Gasteiger partial charge >= 0.3 is 5.97 Å². The molecular weight excluding hydrogens is 206 g/mol. The maximum Gasteiger partial charge on any atom is 0.313 e.